The van der Waals surface area contributed by atoms with Crippen LogP contribution < -0.4 is 14.2 Å². The largest absolute Gasteiger partial charge is 0.508 e. The Labute approximate surface area is 590 Å². The number of carbonyl (C=O) groups is 5. The van der Waals surface area contributed by atoms with Crippen LogP contribution in [0, 0.1) is 90.0 Å². The Kier molecular flexibility index (Phi) is 38.7. The minimum Gasteiger partial charge on any atom is -0.508 e. The lowest BCUT2D eigenvalue weighted by molar-refractivity contribution is 0.0587. The van der Waals surface area contributed by atoms with Crippen LogP contribution in [-0.4, -0.2) is 85.3 Å². The fourth-order valence-electron chi connectivity index (χ4n) is 8.68. The lowest BCUT2D eigenvalue weighted by Gasteiger charge is -2.08. The Morgan fingerprint density at radius 2 is 0.765 bits per heavy atom. The molecule has 9 aromatic rings. The summed E-state index contributed by atoms with van der Waals surface area (Å²) in [5.74, 6) is 1.82. The van der Waals surface area contributed by atoms with E-state index in [2.05, 4.69) is 67.5 Å². The number of esters is 2. The van der Waals surface area contributed by atoms with E-state index in [0.29, 0.717) is 49.4 Å². The molecule has 0 heterocycles. The molecule has 0 bridgehead atoms. The molecular weight excluding hydrogens is 1280 g/mol. The second-order valence-corrected chi connectivity index (χ2v) is 23.5. The molecule has 0 unspecified atom stereocenters. The molecule has 0 aliphatic heterocycles. The molecule has 9 aromatic carbocycles. The number of phenols is 4. The van der Waals surface area contributed by atoms with Crippen molar-refractivity contribution in [3.05, 3.63) is 273 Å². The number of phenolic OH excluding ortho intramolecular Hbond substituents is 4. The predicted molar refractivity (Wildman–Crippen MR) is 398 cm³/mol. The number of methoxy groups -OCH3 is 5. The highest BCUT2D eigenvalue weighted by atomic mass is 35.5. The maximum atomic E-state index is 11.3. The van der Waals surface area contributed by atoms with Crippen molar-refractivity contribution < 1.29 is 68.1 Å². The number of aryl methyl sites for hydroxylation is 12. The van der Waals surface area contributed by atoms with Crippen LogP contribution in [0.5, 0.6) is 40.2 Å². The van der Waals surface area contributed by atoms with Crippen LogP contribution in [0.3, 0.4) is 0 Å². The van der Waals surface area contributed by atoms with E-state index in [-0.39, 0.29) is 46.1 Å². The number of Topliss-reactive ketones (excluding diaryl/α,β-unsaturated/α-hetero) is 3. The van der Waals surface area contributed by atoms with E-state index in [9.17, 15) is 39.3 Å². The van der Waals surface area contributed by atoms with Gasteiger partial charge in [0, 0.05) is 10.6 Å². The third kappa shape index (κ3) is 28.8. The monoisotopic (exact) mass is 1380 g/mol. The molecule has 0 radical (unpaired) electrons. The lowest BCUT2D eigenvalue weighted by atomic mass is 10.0. The minimum atomic E-state index is -0.509. The average molecular weight is 1380 g/mol. The average Bonchev–Trinajstić information content (AvgIpc) is 0.903. The number of hydrogen-bond donors (Lipinski definition) is 4. The van der Waals surface area contributed by atoms with Crippen LogP contribution in [0.1, 0.15) is 157 Å². The van der Waals surface area contributed by atoms with E-state index >= 15 is 0 Å². The van der Waals surface area contributed by atoms with Gasteiger partial charge in [-0.1, -0.05) is 115 Å². The molecule has 0 aliphatic rings. The van der Waals surface area contributed by atoms with Crippen LogP contribution in [0.15, 0.2) is 158 Å². The third-order valence-corrected chi connectivity index (χ3v) is 16.0. The van der Waals surface area contributed by atoms with Gasteiger partial charge in [-0.3, -0.25) is 14.4 Å². The summed E-state index contributed by atoms with van der Waals surface area (Å²) in [6, 6.07) is 48.2. The van der Waals surface area contributed by atoms with E-state index in [4.69, 9.17) is 42.5 Å². The van der Waals surface area contributed by atoms with Crippen molar-refractivity contribution in [1.29, 1.82) is 0 Å². The molecule has 0 fully saturated rings. The van der Waals surface area contributed by atoms with Gasteiger partial charge in [-0.05, 0) is 268 Å². The van der Waals surface area contributed by atoms with Gasteiger partial charge in [-0.15, -0.1) is 0 Å². The van der Waals surface area contributed by atoms with Gasteiger partial charge in [0.05, 0.1) is 51.7 Å². The number of ketones is 3. The van der Waals surface area contributed by atoms with Crippen molar-refractivity contribution >= 4 is 52.5 Å². The van der Waals surface area contributed by atoms with E-state index in [1.54, 1.807) is 81.8 Å². The van der Waals surface area contributed by atoms with Crippen molar-refractivity contribution in [2.24, 2.45) is 0 Å². The maximum Gasteiger partial charge on any atom is 0.341 e. The number of benzene rings is 9. The van der Waals surface area contributed by atoms with Crippen molar-refractivity contribution in [2.75, 3.05) is 35.5 Å². The number of hydrogen-bond acceptors (Lipinski definition) is 14. The van der Waals surface area contributed by atoms with Gasteiger partial charge in [0.2, 0.25) is 0 Å². The molecule has 4 N–H and O–H groups in total. The van der Waals surface area contributed by atoms with Crippen LogP contribution in [0.25, 0.3) is 0 Å². The van der Waals surface area contributed by atoms with Gasteiger partial charge in [-0.2, -0.15) is 0 Å². The molecule has 14 nitrogen and oxygen atoms in total. The molecular formula is C82H98Cl2O14. The number of rotatable bonds is 9. The lowest BCUT2D eigenvalue weighted by Crippen LogP contribution is -2.06. The van der Waals surface area contributed by atoms with Crippen molar-refractivity contribution in [3.63, 3.8) is 0 Å². The number of halogens is 2. The molecule has 98 heavy (non-hydrogen) atoms. The highest BCUT2D eigenvalue weighted by Gasteiger charge is 2.16. The molecule has 16 heteroatoms. The quantitative estimate of drug-likeness (QED) is 0.0782. The Balaban J connectivity index is 0.000000553. The highest BCUT2D eigenvalue weighted by Crippen LogP contribution is 2.28. The van der Waals surface area contributed by atoms with Crippen LogP contribution in [-0.2, 0) is 15.9 Å². The first-order valence-corrected chi connectivity index (χ1v) is 32.0. The summed E-state index contributed by atoms with van der Waals surface area (Å²) in [6.45, 7) is 31.9. The number of aromatic hydroxyl groups is 4. The molecule has 0 saturated heterocycles. The molecule has 524 valence electrons. The Hall–Kier alpha value is -9.89. The Morgan fingerprint density at radius 1 is 0.347 bits per heavy atom. The third-order valence-electron chi connectivity index (χ3n) is 15.3. The molecule has 0 amide bonds. The fraction of sp³-hybridized carbons (Fsp3) is 0.280. The summed E-state index contributed by atoms with van der Waals surface area (Å²) in [6.07, 6.45) is 0.881. The van der Waals surface area contributed by atoms with Crippen LogP contribution in [0.2, 0.25) is 10.0 Å². The zero-order valence-electron chi connectivity index (χ0n) is 60.8. The van der Waals surface area contributed by atoms with Crippen LogP contribution >= 0.6 is 23.2 Å². The van der Waals surface area contributed by atoms with Gasteiger partial charge in [0.1, 0.15) is 51.4 Å². The first-order valence-electron chi connectivity index (χ1n) is 31.3. The SMILES string of the molecule is CC(=O)c1cc(C)c(C)cc1O.CC(=O)c1cc(Cl)c(C)cc1Cl.CCc1cc(C(C)=O)c(O)cc1C.COC(=O)c1c(C)cccc1O.COC(=O)c1c(C)cccc1OC.COc1cccc(C)c1.COc1cccc(C)c1C.Cc1cccc(O)c1C.Cc1ccccc1C. The smallest absolute Gasteiger partial charge is 0.341 e. The van der Waals surface area contributed by atoms with Gasteiger partial charge in [-0.25, -0.2) is 9.59 Å². The normalized spacial score (nSPS) is 9.63. The fourth-order valence-corrected chi connectivity index (χ4v) is 9.19. The van der Waals surface area contributed by atoms with E-state index in [1.807, 2.05) is 123 Å². The van der Waals surface area contributed by atoms with Gasteiger partial charge >= 0.3 is 11.9 Å². The van der Waals surface area contributed by atoms with Crippen molar-refractivity contribution in [1.82, 2.24) is 0 Å². The standard InChI is InChI=1S/C11H14O2.C10H12O3.C10H12O2.C9H8Cl2O.C9H10O3.C9H12O.2C8H10O.C8H10/c1-4-9-6-10(8(3)12)11(13)5-7(9)2;1-7-5-4-6-8(12-2)9(7)10(11)13-3;1-6-4-9(8(3)11)10(12)5-7(6)2;1-5-3-9(11)7(6(2)12)4-8(5)10;1-6-4-3-5-7(10)8(6)9(11)12-2;1-7-5-4-6-9(10-3)8(7)2;1-7-4-3-5-8(6-7)9-2;1-6-4-3-5-8(9)7(6)2;1-7-5-3-4-6-8(7)2/h5-6,13H,4H2,1-3H3;4-6H,1-3H3;4-5,12H,1-3H3;3-4H,1-2H3;3-5,10H,1-2H3;4-6H,1-3H3;3-6H,1-2H3;3-5,9H,1-2H3;3-6H,1-2H3. The summed E-state index contributed by atoms with van der Waals surface area (Å²) in [7, 11) is 7.54. The van der Waals surface area contributed by atoms with E-state index in [0.717, 1.165) is 62.4 Å². The summed E-state index contributed by atoms with van der Waals surface area (Å²) in [5.41, 5.74) is 17.2. The van der Waals surface area contributed by atoms with E-state index < -0.39 is 5.97 Å². The van der Waals surface area contributed by atoms with Gasteiger partial charge in [0.15, 0.2) is 17.3 Å². The Bertz CT molecular complexity index is 3960. The minimum absolute atomic E-state index is 0.0400. The zero-order valence-corrected chi connectivity index (χ0v) is 62.4. The second kappa shape index (κ2) is 44.0. The zero-order chi connectivity index (χ0) is 74.7. The molecule has 0 saturated carbocycles. The predicted octanol–water partition coefficient (Wildman–Crippen LogP) is 20.1. The molecule has 0 aromatic heterocycles. The van der Waals surface area contributed by atoms with Crippen molar-refractivity contribution in [3.8, 4) is 40.2 Å². The summed E-state index contributed by atoms with van der Waals surface area (Å²) < 4.78 is 24.3. The molecule has 9 rings (SSSR count). The molecule has 0 atom stereocenters. The first kappa shape index (κ1) is 86.1. The second-order valence-electron chi connectivity index (χ2n) is 22.7. The maximum absolute atomic E-state index is 11.3. The summed E-state index contributed by atoms with van der Waals surface area (Å²) >= 11 is 11.6. The first-order chi connectivity index (χ1) is 46.1. The topological polar surface area (TPSA) is 212 Å². The van der Waals surface area contributed by atoms with Crippen molar-refractivity contribution in [2.45, 2.75) is 124 Å². The summed E-state index contributed by atoms with van der Waals surface area (Å²) in [5, 5.41) is 38.3. The van der Waals surface area contributed by atoms with E-state index in [1.165, 1.54) is 76.0 Å². The number of ether oxygens (including phenoxy) is 5. The number of carbonyl (C=O) groups excluding carboxylic acids is 5. The molecule has 0 spiro atoms. The van der Waals surface area contributed by atoms with Gasteiger partial charge < -0.3 is 44.1 Å². The Morgan fingerprint density at radius 3 is 1.18 bits per heavy atom. The molecule has 0 aliphatic carbocycles. The summed E-state index contributed by atoms with van der Waals surface area (Å²) in [4.78, 5) is 55.4. The van der Waals surface area contributed by atoms with Crippen LogP contribution in [0.4, 0.5) is 0 Å². The highest BCUT2D eigenvalue weighted by molar-refractivity contribution is 6.36. The van der Waals surface area contributed by atoms with Gasteiger partial charge in [0.25, 0.3) is 0 Å².